The summed E-state index contributed by atoms with van der Waals surface area (Å²) in [6.45, 7) is 0.194. The van der Waals surface area contributed by atoms with Gasteiger partial charge in [-0.15, -0.1) is 0 Å². The molecule has 158 valence electrons. The highest BCUT2D eigenvalue weighted by Crippen LogP contribution is 2.51. The van der Waals surface area contributed by atoms with Crippen molar-refractivity contribution >= 4 is 21.6 Å². The minimum atomic E-state index is -3.26. The first kappa shape index (κ1) is 19.6. The topological polar surface area (TPSA) is 94.6 Å². The quantitative estimate of drug-likeness (QED) is 0.657. The first-order valence-electron chi connectivity index (χ1n) is 9.84. The summed E-state index contributed by atoms with van der Waals surface area (Å²) in [5, 5.41) is 2.94. The van der Waals surface area contributed by atoms with Crippen LogP contribution >= 0.6 is 0 Å². The first-order valence-corrected chi connectivity index (χ1v) is 11.7. The van der Waals surface area contributed by atoms with E-state index in [0.717, 1.165) is 24.0 Å². The smallest absolute Gasteiger partial charge is 0.236 e. The van der Waals surface area contributed by atoms with Crippen molar-refractivity contribution in [3.63, 3.8) is 0 Å². The van der Waals surface area contributed by atoms with Crippen molar-refractivity contribution < 1.29 is 22.7 Å². The van der Waals surface area contributed by atoms with Gasteiger partial charge < -0.3 is 14.8 Å². The van der Waals surface area contributed by atoms with Gasteiger partial charge in [0, 0.05) is 11.8 Å². The molecule has 1 fully saturated rings. The second-order valence-electron chi connectivity index (χ2n) is 7.81. The lowest BCUT2D eigenvalue weighted by molar-refractivity contribution is -0.118. The van der Waals surface area contributed by atoms with Crippen molar-refractivity contribution in [2.24, 2.45) is 0 Å². The molecule has 5 rings (SSSR count). The lowest BCUT2D eigenvalue weighted by Crippen LogP contribution is -2.28. The number of benzene rings is 2. The van der Waals surface area contributed by atoms with E-state index in [1.54, 1.807) is 30.3 Å². The van der Waals surface area contributed by atoms with Crippen molar-refractivity contribution in [1.29, 1.82) is 0 Å². The summed E-state index contributed by atoms with van der Waals surface area (Å²) in [4.78, 5) is 17.9. The van der Waals surface area contributed by atoms with E-state index in [4.69, 9.17) is 9.47 Å². The summed E-state index contributed by atoms with van der Waals surface area (Å²) in [7, 11) is -3.26. The number of amides is 1. The van der Waals surface area contributed by atoms with Crippen molar-refractivity contribution in [2.75, 3.05) is 18.4 Å². The molecule has 8 heteroatoms. The van der Waals surface area contributed by atoms with Crippen LogP contribution in [0.5, 0.6) is 11.5 Å². The van der Waals surface area contributed by atoms with Crippen LogP contribution in [0.2, 0.25) is 0 Å². The van der Waals surface area contributed by atoms with Crippen LogP contribution < -0.4 is 14.8 Å². The van der Waals surface area contributed by atoms with Crippen LogP contribution in [0.4, 0.5) is 5.82 Å². The van der Waals surface area contributed by atoms with Crippen molar-refractivity contribution in [1.82, 2.24) is 4.98 Å². The Hall–Kier alpha value is -3.39. The van der Waals surface area contributed by atoms with Gasteiger partial charge in [-0.1, -0.05) is 24.3 Å². The number of nitrogens with one attached hydrogen (secondary N) is 1. The molecule has 2 aromatic carbocycles. The SMILES string of the molecule is CS(=O)(=O)c1ccc(-c2cccc(NC(=O)C3(c4ccc5c(c4)OCO5)CC3)n2)cc1. The number of fused-ring (bicyclic) bond motifs is 1. The van der Waals surface area contributed by atoms with Crippen molar-refractivity contribution in [3.8, 4) is 22.8 Å². The van der Waals surface area contributed by atoms with Gasteiger partial charge in [0.25, 0.3) is 0 Å². The predicted octanol–water partition coefficient (Wildman–Crippen LogP) is 3.55. The van der Waals surface area contributed by atoms with Gasteiger partial charge in [-0.2, -0.15) is 0 Å². The van der Waals surface area contributed by atoms with Gasteiger partial charge in [0.1, 0.15) is 5.82 Å². The van der Waals surface area contributed by atoms with Crippen LogP contribution in [0.15, 0.2) is 65.6 Å². The molecule has 0 unspecified atom stereocenters. The number of hydrogen-bond acceptors (Lipinski definition) is 6. The summed E-state index contributed by atoms with van der Waals surface area (Å²) in [6, 6.07) is 17.5. The van der Waals surface area contributed by atoms with E-state index >= 15 is 0 Å². The molecule has 3 aromatic rings. The number of carbonyl (C=O) groups excluding carboxylic acids is 1. The Labute approximate surface area is 180 Å². The number of aromatic nitrogens is 1. The molecule has 0 bridgehead atoms. The summed E-state index contributed by atoms with van der Waals surface area (Å²) < 4.78 is 34.1. The van der Waals surface area contributed by atoms with Gasteiger partial charge in [0.15, 0.2) is 21.3 Å². The highest BCUT2D eigenvalue weighted by atomic mass is 32.2. The van der Waals surface area contributed by atoms with E-state index in [0.29, 0.717) is 23.0 Å². The molecule has 1 amide bonds. The molecular weight excluding hydrogens is 416 g/mol. The standard InChI is InChI=1S/C23H20N2O5S/c1-31(27,28)17-8-5-15(6-9-17)18-3-2-4-21(24-18)25-22(26)23(11-12-23)16-7-10-19-20(13-16)30-14-29-19/h2-10,13H,11-12,14H2,1H3,(H,24,25,26). The Morgan fingerprint density at radius 2 is 1.74 bits per heavy atom. The monoisotopic (exact) mass is 436 g/mol. The molecule has 2 heterocycles. The Morgan fingerprint density at radius 3 is 2.45 bits per heavy atom. The van der Waals surface area contributed by atoms with E-state index in [-0.39, 0.29) is 17.6 Å². The van der Waals surface area contributed by atoms with E-state index < -0.39 is 15.3 Å². The third-order valence-electron chi connectivity index (χ3n) is 5.68. The zero-order chi connectivity index (χ0) is 21.6. The fourth-order valence-corrected chi connectivity index (χ4v) is 4.37. The highest BCUT2D eigenvalue weighted by Gasteiger charge is 2.51. The van der Waals surface area contributed by atoms with Gasteiger partial charge in [0.2, 0.25) is 12.7 Å². The molecule has 2 aliphatic rings. The number of sulfone groups is 1. The minimum Gasteiger partial charge on any atom is -0.454 e. The van der Waals surface area contributed by atoms with Gasteiger partial charge in [-0.05, 0) is 54.8 Å². The summed E-state index contributed by atoms with van der Waals surface area (Å²) in [5.74, 6) is 1.69. The Balaban J connectivity index is 1.37. The van der Waals surface area contributed by atoms with E-state index in [1.807, 2.05) is 30.3 Å². The molecule has 0 atom stereocenters. The van der Waals surface area contributed by atoms with Crippen LogP contribution in [0.3, 0.4) is 0 Å². The molecule has 1 N–H and O–H groups in total. The highest BCUT2D eigenvalue weighted by molar-refractivity contribution is 7.90. The predicted molar refractivity (Wildman–Crippen MR) is 115 cm³/mol. The second kappa shape index (κ2) is 7.09. The molecule has 0 saturated heterocycles. The maximum absolute atomic E-state index is 13.1. The zero-order valence-electron chi connectivity index (χ0n) is 16.8. The van der Waals surface area contributed by atoms with Crippen LogP contribution in [-0.2, 0) is 20.0 Å². The molecule has 1 aliphatic heterocycles. The summed E-state index contributed by atoms with van der Waals surface area (Å²) in [5.41, 5.74) is 1.73. The second-order valence-corrected chi connectivity index (χ2v) is 9.82. The fourth-order valence-electron chi connectivity index (χ4n) is 3.74. The Morgan fingerprint density at radius 1 is 1.00 bits per heavy atom. The molecule has 7 nitrogen and oxygen atoms in total. The normalized spacial score (nSPS) is 16.0. The van der Waals surface area contributed by atoms with Crippen LogP contribution in [0.1, 0.15) is 18.4 Å². The molecule has 31 heavy (non-hydrogen) atoms. The van der Waals surface area contributed by atoms with Gasteiger partial charge >= 0.3 is 0 Å². The van der Waals surface area contributed by atoms with Crippen molar-refractivity contribution in [3.05, 3.63) is 66.2 Å². The summed E-state index contributed by atoms with van der Waals surface area (Å²) in [6.07, 6.45) is 2.68. The third-order valence-corrected chi connectivity index (χ3v) is 6.81. The lowest BCUT2D eigenvalue weighted by atomic mass is 9.94. The fraction of sp³-hybridized carbons (Fsp3) is 0.217. The molecule has 1 saturated carbocycles. The van der Waals surface area contributed by atoms with Gasteiger partial charge in [-0.25, -0.2) is 13.4 Å². The zero-order valence-corrected chi connectivity index (χ0v) is 17.6. The van der Waals surface area contributed by atoms with Gasteiger partial charge in [0.05, 0.1) is 16.0 Å². The average molecular weight is 436 g/mol. The molecular formula is C23H20N2O5S. The molecule has 0 spiro atoms. The number of hydrogen-bond donors (Lipinski definition) is 1. The molecule has 1 aromatic heterocycles. The first-order chi connectivity index (χ1) is 14.8. The van der Waals surface area contributed by atoms with E-state index in [9.17, 15) is 13.2 Å². The van der Waals surface area contributed by atoms with Crippen molar-refractivity contribution in [2.45, 2.75) is 23.2 Å². The van der Waals surface area contributed by atoms with Crippen LogP contribution in [-0.4, -0.2) is 32.4 Å². The maximum atomic E-state index is 13.1. The molecule has 0 radical (unpaired) electrons. The van der Waals surface area contributed by atoms with Gasteiger partial charge in [-0.3, -0.25) is 4.79 Å². The number of pyridine rings is 1. The van der Waals surface area contributed by atoms with E-state index in [2.05, 4.69) is 10.3 Å². The number of nitrogens with zero attached hydrogens (tertiary/aromatic N) is 1. The van der Waals surface area contributed by atoms with Crippen LogP contribution in [0.25, 0.3) is 11.3 Å². The number of ether oxygens (including phenoxy) is 2. The van der Waals surface area contributed by atoms with E-state index in [1.165, 1.54) is 6.26 Å². The maximum Gasteiger partial charge on any atom is 0.236 e. The molecule has 1 aliphatic carbocycles. The lowest BCUT2D eigenvalue weighted by Gasteiger charge is -2.16. The number of anilines is 1. The minimum absolute atomic E-state index is 0.108. The largest absolute Gasteiger partial charge is 0.454 e. The Kier molecular flexibility index (Phi) is 4.48. The average Bonchev–Trinajstić information content (AvgIpc) is 3.44. The Bertz CT molecular complexity index is 1280. The van der Waals surface area contributed by atoms with Crippen LogP contribution in [0, 0.1) is 0 Å². The summed E-state index contributed by atoms with van der Waals surface area (Å²) >= 11 is 0. The third kappa shape index (κ3) is 3.63. The number of carbonyl (C=O) groups is 1. The number of rotatable bonds is 5.